The maximum absolute atomic E-state index is 9.47. The Labute approximate surface area is 129 Å². The van der Waals surface area contributed by atoms with Crippen molar-refractivity contribution >= 4 is 0 Å². The van der Waals surface area contributed by atoms with Crippen LogP contribution in [0.3, 0.4) is 0 Å². The van der Waals surface area contributed by atoms with Crippen molar-refractivity contribution in [1.29, 1.82) is 5.26 Å². The topological polar surface area (TPSA) is 56.3 Å². The van der Waals surface area contributed by atoms with Crippen molar-refractivity contribution in [2.75, 3.05) is 40.3 Å². The Bertz CT molecular complexity index is 438. The highest BCUT2D eigenvalue weighted by atomic mass is 15.1. The van der Waals surface area contributed by atoms with Crippen LogP contribution in [0.4, 0.5) is 0 Å². The van der Waals surface area contributed by atoms with Crippen molar-refractivity contribution < 1.29 is 0 Å². The summed E-state index contributed by atoms with van der Waals surface area (Å²) in [5.41, 5.74) is 6.31. The molecule has 1 aromatic rings. The molecule has 0 aromatic heterocycles. The second kappa shape index (κ2) is 8.78. The SMILES string of the molecule is CCN(CCCN(C)C)CCC(N)(C#N)c1ccccc1. The molecule has 0 saturated heterocycles. The van der Waals surface area contributed by atoms with E-state index in [9.17, 15) is 5.26 Å². The van der Waals surface area contributed by atoms with Gasteiger partial charge in [0.05, 0.1) is 6.07 Å². The molecule has 1 unspecified atom stereocenters. The molecule has 4 nitrogen and oxygen atoms in total. The zero-order chi connectivity index (χ0) is 15.7. The van der Waals surface area contributed by atoms with Gasteiger partial charge in [0.1, 0.15) is 5.54 Å². The van der Waals surface area contributed by atoms with Gasteiger partial charge in [0.25, 0.3) is 0 Å². The van der Waals surface area contributed by atoms with Crippen LogP contribution in [0.15, 0.2) is 30.3 Å². The smallest absolute Gasteiger partial charge is 0.131 e. The van der Waals surface area contributed by atoms with Gasteiger partial charge in [-0.15, -0.1) is 0 Å². The summed E-state index contributed by atoms with van der Waals surface area (Å²) in [7, 11) is 4.18. The number of nitrogens with two attached hydrogens (primary N) is 1. The first-order valence-electron chi connectivity index (χ1n) is 7.64. The van der Waals surface area contributed by atoms with Crippen LogP contribution in [-0.4, -0.2) is 50.1 Å². The van der Waals surface area contributed by atoms with E-state index in [0.29, 0.717) is 6.42 Å². The summed E-state index contributed by atoms with van der Waals surface area (Å²) in [5, 5.41) is 9.47. The lowest BCUT2D eigenvalue weighted by Gasteiger charge is -2.27. The van der Waals surface area contributed by atoms with Crippen LogP contribution in [0.25, 0.3) is 0 Å². The first-order valence-corrected chi connectivity index (χ1v) is 7.64. The van der Waals surface area contributed by atoms with E-state index in [1.54, 1.807) is 0 Å². The maximum atomic E-state index is 9.47. The minimum atomic E-state index is -0.893. The predicted molar refractivity (Wildman–Crippen MR) is 87.8 cm³/mol. The van der Waals surface area contributed by atoms with Gasteiger partial charge >= 0.3 is 0 Å². The summed E-state index contributed by atoms with van der Waals surface area (Å²) in [6.07, 6.45) is 1.79. The third-order valence-corrected chi connectivity index (χ3v) is 3.84. The molecule has 0 aliphatic rings. The summed E-state index contributed by atoms with van der Waals surface area (Å²) >= 11 is 0. The van der Waals surface area contributed by atoms with Crippen molar-refractivity contribution in [3.05, 3.63) is 35.9 Å². The Morgan fingerprint density at radius 2 is 1.81 bits per heavy atom. The third-order valence-electron chi connectivity index (χ3n) is 3.84. The third kappa shape index (κ3) is 5.84. The Morgan fingerprint density at radius 3 is 2.33 bits per heavy atom. The molecule has 21 heavy (non-hydrogen) atoms. The second-order valence-electron chi connectivity index (χ2n) is 5.79. The molecule has 0 aliphatic carbocycles. The Balaban J connectivity index is 2.55. The molecule has 2 N–H and O–H groups in total. The molecule has 1 aromatic carbocycles. The molecule has 4 heteroatoms. The molecule has 1 rings (SSSR count). The van der Waals surface area contributed by atoms with Crippen molar-refractivity contribution in [2.24, 2.45) is 5.73 Å². The molecule has 116 valence electrons. The average Bonchev–Trinajstić information content (AvgIpc) is 2.51. The number of nitrogens with zero attached hydrogens (tertiary/aromatic N) is 3. The maximum Gasteiger partial charge on any atom is 0.131 e. The number of hydrogen-bond acceptors (Lipinski definition) is 4. The molecule has 0 fully saturated rings. The number of hydrogen-bond donors (Lipinski definition) is 1. The lowest BCUT2D eigenvalue weighted by atomic mass is 9.89. The van der Waals surface area contributed by atoms with Gasteiger partial charge < -0.3 is 15.5 Å². The van der Waals surface area contributed by atoms with Gasteiger partial charge in [-0.3, -0.25) is 0 Å². The molecule has 0 bridgehead atoms. The van der Waals surface area contributed by atoms with E-state index < -0.39 is 5.54 Å². The lowest BCUT2D eigenvalue weighted by molar-refractivity contribution is 0.248. The highest BCUT2D eigenvalue weighted by Crippen LogP contribution is 2.21. The van der Waals surface area contributed by atoms with Gasteiger partial charge in [0.15, 0.2) is 0 Å². The molecule has 0 heterocycles. The van der Waals surface area contributed by atoms with Crippen molar-refractivity contribution in [2.45, 2.75) is 25.3 Å². The first kappa shape index (κ1) is 17.6. The van der Waals surface area contributed by atoms with E-state index >= 15 is 0 Å². The van der Waals surface area contributed by atoms with Gasteiger partial charge in [-0.25, -0.2) is 0 Å². The fourth-order valence-electron chi connectivity index (χ4n) is 2.37. The van der Waals surface area contributed by atoms with Gasteiger partial charge in [0.2, 0.25) is 0 Å². The van der Waals surface area contributed by atoms with E-state index in [4.69, 9.17) is 5.73 Å². The Kier molecular flexibility index (Phi) is 7.38. The van der Waals surface area contributed by atoms with Crippen LogP contribution in [0.5, 0.6) is 0 Å². The lowest BCUT2D eigenvalue weighted by Crippen LogP contribution is -2.40. The van der Waals surface area contributed by atoms with Crippen molar-refractivity contribution in [3.63, 3.8) is 0 Å². The molecular weight excluding hydrogens is 260 g/mol. The molecule has 1 atom stereocenters. The Morgan fingerprint density at radius 1 is 1.14 bits per heavy atom. The van der Waals surface area contributed by atoms with E-state index in [1.807, 2.05) is 30.3 Å². The summed E-state index contributed by atoms with van der Waals surface area (Å²) in [5.74, 6) is 0. The Hall–Kier alpha value is -1.41. The van der Waals surface area contributed by atoms with E-state index in [2.05, 4.69) is 36.9 Å². The highest BCUT2D eigenvalue weighted by Gasteiger charge is 2.27. The highest BCUT2D eigenvalue weighted by molar-refractivity contribution is 5.30. The van der Waals surface area contributed by atoms with Crippen LogP contribution in [-0.2, 0) is 5.54 Å². The molecule has 0 amide bonds. The fourth-order valence-corrected chi connectivity index (χ4v) is 2.37. The normalized spacial score (nSPS) is 14.1. The second-order valence-corrected chi connectivity index (χ2v) is 5.79. The first-order chi connectivity index (χ1) is 10.0. The van der Waals surface area contributed by atoms with Crippen LogP contribution in [0, 0.1) is 11.3 Å². The fraction of sp³-hybridized carbons (Fsp3) is 0.588. The largest absolute Gasteiger partial charge is 0.310 e. The van der Waals surface area contributed by atoms with Crippen LogP contribution in [0.1, 0.15) is 25.3 Å². The zero-order valence-electron chi connectivity index (χ0n) is 13.5. The van der Waals surface area contributed by atoms with Gasteiger partial charge in [-0.1, -0.05) is 37.3 Å². The van der Waals surface area contributed by atoms with E-state index in [0.717, 1.165) is 38.2 Å². The molecule has 0 aliphatic heterocycles. The summed E-state index contributed by atoms with van der Waals surface area (Å²) in [6.45, 7) is 6.13. The zero-order valence-corrected chi connectivity index (χ0v) is 13.5. The standard InChI is InChI=1S/C17H28N4/c1-4-21(13-8-12-20(2)3)14-11-17(19,15-18)16-9-6-5-7-10-16/h5-7,9-10H,4,8,11-14,19H2,1-3H3. The molecule has 0 spiro atoms. The molecular formula is C17H28N4. The van der Waals surface area contributed by atoms with Gasteiger partial charge in [0, 0.05) is 6.54 Å². The summed E-state index contributed by atoms with van der Waals surface area (Å²) in [4.78, 5) is 4.56. The monoisotopic (exact) mass is 288 g/mol. The summed E-state index contributed by atoms with van der Waals surface area (Å²) in [6, 6.07) is 12.0. The summed E-state index contributed by atoms with van der Waals surface area (Å²) < 4.78 is 0. The van der Waals surface area contributed by atoms with Gasteiger partial charge in [-0.05, 0) is 52.1 Å². The quantitative estimate of drug-likeness (QED) is 0.755. The minimum absolute atomic E-state index is 0.656. The number of nitriles is 1. The van der Waals surface area contributed by atoms with Crippen LogP contribution >= 0.6 is 0 Å². The average molecular weight is 288 g/mol. The minimum Gasteiger partial charge on any atom is -0.310 e. The van der Waals surface area contributed by atoms with E-state index in [1.165, 1.54) is 0 Å². The van der Waals surface area contributed by atoms with Gasteiger partial charge in [-0.2, -0.15) is 5.26 Å². The number of benzene rings is 1. The van der Waals surface area contributed by atoms with Crippen molar-refractivity contribution in [1.82, 2.24) is 9.80 Å². The number of rotatable bonds is 9. The van der Waals surface area contributed by atoms with Crippen molar-refractivity contribution in [3.8, 4) is 6.07 Å². The molecule has 0 saturated carbocycles. The van der Waals surface area contributed by atoms with E-state index in [-0.39, 0.29) is 0 Å². The van der Waals surface area contributed by atoms with Crippen LogP contribution in [0.2, 0.25) is 0 Å². The van der Waals surface area contributed by atoms with Crippen LogP contribution < -0.4 is 5.73 Å². The predicted octanol–water partition coefficient (Wildman–Crippen LogP) is 2.03. The molecule has 0 radical (unpaired) electrons.